The summed E-state index contributed by atoms with van der Waals surface area (Å²) in [6.45, 7) is 2.37. The van der Waals surface area contributed by atoms with Gasteiger partial charge in [-0.15, -0.1) is 0 Å². The Morgan fingerprint density at radius 1 is 1.10 bits per heavy atom. The third-order valence-electron chi connectivity index (χ3n) is 5.57. The molecule has 1 saturated heterocycles. The molecule has 158 valence electrons. The van der Waals surface area contributed by atoms with Crippen LogP contribution in [0.4, 0.5) is 23.2 Å². The monoisotopic (exact) mass is 419 g/mol. The Morgan fingerprint density at radius 2 is 1.83 bits per heavy atom. The smallest absolute Gasteiger partial charge is 0.266 e. The minimum atomic E-state index is -2.90. The summed E-state index contributed by atoms with van der Waals surface area (Å²) >= 11 is 0. The van der Waals surface area contributed by atoms with E-state index in [1.807, 2.05) is 0 Å². The molecule has 0 unspecified atom stereocenters. The molecule has 1 N–H and O–H groups in total. The molecule has 0 bridgehead atoms. The molecule has 8 heteroatoms. The average Bonchev–Trinajstić information content (AvgIpc) is 2.74. The van der Waals surface area contributed by atoms with Crippen LogP contribution in [0, 0.1) is 5.82 Å². The van der Waals surface area contributed by atoms with Gasteiger partial charge < -0.3 is 10.1 Å². The maximum Gasteiger partial charge on any atom is 0.266 e. The van der Waals surface area contributed by atoms with Crippen molar-refractivity contribution in [2.24, 2.45) is 0 Å². The van der Waals surface area contributed by atoms with Gasteiger partial charge in [-0.25, -0.2) is 17.6 Å². The van der Waals surface area contributed by atoms with Crippen LogP contribution in [-0.4, -0.2) is 23.4 Å². The maximum atomic E-state index is 15.4. The molecule has 2 aromatic carbocycles. The Morgan fingerprint density at radius 3 is 2.57 bits per heavy atom. The number of fused-ring (bicyclic) bond motifs is 1. The lowest BCUT2D eigenvalue weighted by atomic mass is 9.87. The van der Waals surface area contributed by atoms with Gasteiger partial charge in [-0.2, -0.15) is 10.2 Å². The number of halogens is 4. The fourth-order valence-electron chi connectivity index (χ4n) is 3.82. The molecule has 2 heterocycles. The van der Waals surface area contributed by atoms with Gasteiger partial charge in [0.25, 0.3) is 6.43 Å². The second-order valence-electron chi connectivity index (χ2n) is 7.49. The van der Waals surface area contributed by atoms with Crippen molar-refractivity contribution in [1.82, 2.24) is 10.2 Å². The van der Waals surface area contributed by atoms with Crippen molar-refractivity contribution in [2.45, 2.75) is 37.9 Å². The van der Waals surface area contributed by atoms with E-state index < -0.39 is 29.5 Å². The topological polar surface area (TPSA) is 47.0 Å². The number of aromatic nitrogens is 2. The fraction of sp³-hybridized carbons (Fsp3) is 0.364. The minimum absolute atomic E-state index is 0.111. The van der Waals surface area contributed by atoms with E-state index in [0.29, 0.717) is 35.4 Å². The first-order valence-electron chi connectivity index (χ1n) is 9.74. The van der Waals surface area contributed by atoms with Gasteiger partial charge in [0.2, 0.25) is 0 Å². The van der Waals surface area contributed by atoms with Crippen LogP contribution in [0.15, 0.2) is 42.6 Å². The van der Waals surface area contributed by atoms with Crippen molar-refractivity contribution in [1.29, 1.82) is 0 Å². The van der Waals surface area contributed by atoms with Crippen LogP contribution in [0.25, 0.3) is 10.9 Å². The Kier molecular flexibility index (Phi) is 5.60. The first-order valence-corrected chi connectivity index (χ1v) is 9.74. The molecule has 3 aromatic rings. The van der Waals surface area contributed by atoms with Crippen LogP contribution in [0.5, 0.6) is 0 Å². The number of benzene rings is 2. The van der Waals surface area contributed by atoms with Gasteiger partial charge in [0.05, 0.1) is 29.0 Å². The number of alkyl halides is 3. The summed E-state index contributed by atoms with van der Waals surface area (Å²) in [5.74, 6) is -0.940. The molecule has 0 spiro atoms. The second-order valence-corrected chi connectivity index (χ2v) is 7.49. The molecule has 4 nitrogen and oxygen atoms in total. The summed E-state index contributed by atoms with van der Waals surface area (Å²) in [5.41, 5.74) is -0.426. The quantitative estimate of drug-likeness (QED) is 0.527. The highest BCUT2D eigenvalue weighted by molar-refractivity contribution is 5.91. The summed E-state index contributed by atoms with van der Waals surface area (Å²) in [7, 11) is 0. The molecular weight excluding hydrogens is 398 g/mol. The van der Waals surface area contributed by atoms with Crippen molar-refractivity contribution in [3.05, 3.63) is 65.1 Å². The lowest BCUT2D eigenvalue weighted by Gasteiger charge is -2.30. The predicted molar refractivity (Wildman–Crippen MR) is 106 cm³/mol. The lowest BCUT2D eigenvalue weighted by Crippen LogP contribution is -2.29. The van der Waals surface area contributed by atoms with Crippen molar-refractivity contribution in [3.63, 3.8) is 0 Å². The molecule has 1 aliphatic rings. The zero-order valence-corrected chi connectivity index (χ0v) is 16.3. The van der Waals surface area contributed by atoms with Crippen molar-refractivity contribution in [2.75, 3.05) is 18.5 Å². The summed E-state index contributed by atoms with van der Waals surface area (Å²) < 4.78 is 61.3. The zero-order chi connectivity index (χ0) is 21.3. The van der Waals surface area contributed by atoms with E-state index in [9.17, 15) is 13.2 Å². The van der Waals surface area contributed by atoms with Gasteiger partial charge >= 0.3 is 0 Å². The van der Waals surface area contributed by atoms with Crippen LogP contribution in [0.1, 0.15) is 48.9 Å². The van der Waals surface area contributed by atoms with Gasteiger partial charge in [-0.05, 0) is 24.6 Å². The van der Waals surface area contributed by atoms with Gasteiger partial charge in [-0.3, -0.25) is 0 Å². The Labute approximate surface area is 171 Å². The zero-order valence-electron chi connectivity index (χ0n) is 16.3. The van der Waals surface area contributed by atoms with E-state index in [1.165, 1.54) is 18.3 Å². The number of ether oxygens (including phenoxy) is 1. The molecule has 1 fully saturated rings. The fourth-order valence-corrected chi connectivity index (χ4v) is 3.82. The van der Waals surface area contributed by atoms with Crippen LogP contribution in [-0.2, 0) is 10.4 Å². The molecule has 4 rings (SSSR count). The van der Waals surface area contributed by atoms with E-state index in [2.05, 4.69) is 15.5 Å². The summed E-state index contributed by atoms with van der Waals surface area (Å²) in [6, 6.07) is 8.42. The van der Waals surface area contributed by atoms with Gasteiger partial charge in [-0.1, -0.05) is 24.3 Å². The maximum absolute atomic E-state index is 15.4. The number of hydrogen-bond acceptors (Lipinski definition) is 4. The Bertz CT molecular complexity index is 1050. The SMILES string of the molecule is C[C@@H](Nc1cnnc2ccc(C3(F)CCOCC3)cc12)c1cccc(C(F)F)c1F. The molecule has 1 atom stereocenters. The number of hydrogen-bond donors (Lipinski definition) is 1. The predicted octanol–water partition coefficient (Wildman–Crippen LogP) is 5.85. The third-order valence-corrected chi connectivity index (χ3v) is 5.57. The average molecular weight is 419 g/mol. The highest BCUT2D eigenvalue weighted by atomic mass is 19.3. The van der Waals surface area contributed by atoms with E-state index in [-0.39, 0.29) is 18.4 Å². The summed E-state index contributed by atoms with van der Waals surface area (Å²) in [4.78, 5) is 0. The van der Waals surface area contributed by atoms with Crippen LogP contribution >= 0.6 is 0 Å². The van der Waals surface area contributed by atoms with E-state index in [4.69, 9.17) is 4.74 Å². The van der Waals surface area contributed by atoms with Crippen LogP contribution < -0.4 is 5.32 Å². The summed E-state index contributed by atoms with van der Waals surface area (Å²) in [6.07, 6.45) is -0.904. The number of anilines is 1. The molecule has 1 aliphatic heterocycles. The molecular formula is C22H21F4N3O. The van der Waals surface area contributed by atoms with Crippen molar-refractivity contribution in [3.8, 4) is 0 Å². The Balaban J connectivity index is 1.69. The molecule has 0 saturated carbocycles. The van der Waals surface area contributed by atoms with E-state index in [1.54, 1.807) is 25.1 Å². The third kappa shape index (κ3) is 3.84. The Hall–Kier alpha value is -2.74. The lowest BCUT2D eigenvalue weighted by molar-refractivity contribution is -0.0114. The second kappa shape index (κ2) is 8.18. The first-order chi connectivity index (χ1) is 14.4. The molecule has 30 heavy (non-hydrogen) atoms. The molecule has 0 amide bonds. The van der Waals surface area contributed by atoms with Gasteiger partial charge in [0.15, 0.2) is 0 Å². The van der Waals surface area contributed by atoms with E-state index >= 15 is 4.39 Å². The summed E-state index contributed by atoms with van der Waals surface area (Å²) in [5, 5.41) is 11.8. The van der Waals surface area contributed by atoms with Crippen molar-refractivity contribution >= 4 is 16.6 Å². The molecule has 0 aliphatic carbocycles. The highest BCUT2D eigenvalue weighted by Gasteiger charge is 2.34. The van der Waals surface area contributed by atoms with Gasteiger partial charge in [0.1, 0.15) is 11.5 Å². The van der Waals surface area contributed by atoms with Gasteiger partial charge in [0, 0.05) is 37.0 Å². The minimum Gasteiger partial charge on any atom is -0.381 e. The first kappa shape index (κ1) is 20.5. The normalized spacial score (nSPS) is 17.3. The van der Waals surface area contributed by atoms with Crippen molar-refractivity contribution < 1.29 is 22.3 Å². The standard InChI is InChI=1S/C22H21F4N3O/c1-13(15-3-2-4-16(20(15)23)21(24)25)28-19-12-27-29-18-6-5-14(11-17(18)19)22(26)7-9-30-10-8-22/h2-6,11-13,21H,7-10H2,1H3,(H,28,29)/t13-/m1/s1. The largest absolute Gasteiger partial charge is 0.381 e. The van der Waals surface area contributed by atoms with Crippen LogP contribution in [0.3, 0.4) is 0 Å². The van der Waals surface area contributed by atoms with E-state index in [0.717, 1.165) is 6.07 Å². The number of rotatable bonds is 5. The molecule has 0 radical (unpaired) electrons. The molecule has 1 aromatic heterocycles. The highest BCUT2D eigenvalue weighted by Crippen LogP contribution is 2.38. The van der Waals surface area contributed by atoms with Crippen LogP contribution in [0.2, 0.25) is 0 Å². The number of nitrogens with one attached hydrogen (secondary N) is 1. The number of nitrogens with zero attached hydrogens (tertiary/aromatic N) is 2.